The van der Waals surface area contributed by atoms with E-state index in [0.717, 1.165) is 43.1 Å². The topological polar surface area (TPSA) is 90.6 Å². The van der Waals surface area contributed by atoms with Gasteiger partial charge in [0.25, 0.3) is 0 Å². The Morgan fingerprint density at radius 1 is 1.15 bits per heavy atom. The van der Waals surface area contributed by atoms with E-state index >= 15 is 0 Å². The molecule has 1 unspecified atom stereocenters. The quantitative estimate of drug-likeness (QED) is 0.691. The third-order valence-electron chi connectivity index (χ3n) is 6.62. The Morgan fingerprint density at radius 2 is 1.85 bits per heavy atom. The molecule has 1 saturated heterocycles. The van der Waals surface area contributed by atoms with Gasteiger partial charge in [-0.2, -0.15) is 0 Å². The van der Waals surface area contributed by atoms with E-state index in [0.29, 0.717) is 11.8 Å². The van der Waals surface area contributed by atoms with Crippen LogP contribution >= 0.6 is 0 Å². The second-order valence-corrected chi connectivity index (χ2v) is 10.6. The second-order valence-electron chi connectivity index (χ2n) is 10.6. The van der Waals surface area contributed by atoms with E-state index in [1.165, 1.54) is 5.56 Å². The predicted octanol–water partition coefficient (Wildman–Crippen LogP) is 4.93. The number of primary amides is 1. The van der Waals surface area contributed by atoms with Crippen molar-refractivity contribution in [2.45, 2.75) is 77.6 Å². The van der Waals surface area contributed by atoms with Gasteiger partial charge in [-0.25, -0.2) is 9.78 Å². The lowest BCUT2D eigenvalue weighted by Gasteiger charge is -2.38. The fourth-order valence-corrected chi connectivity index (χ4v) is 5.00. The lowest BCUT2D eigenvalue weighted by Crippen LogP contribution is -2.45. The molecule has 2 aromatic heterocycles. The average Bonchev–Trinajstić information content (AvgIpc) is 2.70. The molecule has 1 saturated carbocycles. The fraction of sp³-hybridized carbons (Fsp3) is 0.577. The van der Waals surface area contributed by atoms with Gasteiger partial charge in [0.1, 0.15) is 5.82 Å². The molecule has 0 aromatic carbocycles. The number of nitrogens with zero attached hydrogens (tertiary/aromatic N) is 3. The number of hydrogen-bond donors (Lipinski definition) is 1. The van der Waals surface area contributed by atoms with Crippen LogP contribution in [0.25, 0.3) is 0 Å². The van der Waals surface area contributed by atoms with Crippen LogP contribution in [0, 0.1) is 5.41 Å². The Kier molecular flexibility index (Phi) is 6.61. The van der Waals surface area contributed by atoms with Crippen molar-refractivity contribution in [3.63, 3.8) is 0 Å². The molecule has 0 radical (unpaired) electrons. The SMILES string of the molecule is C[C@@H]1CN(c2cccc(C3CC(c4ccnc(C(OC(N)=O)C(C)(C)C)c4)C3)n2)C[C@H](C)O1. The number of amides is 1. The highest BCUT2D eigenvalue weighted by Gasteiger charge is 2.35. The number of morpholine rings is 1. The lowest BCUT2D eigenvalue weighted by molar-refractivity contribution is -0.00547. The van der Waals surface area contributed by atoms with Gasteiger partial charge >= 0.3 is 6.09 Å². The molecule has 0 spiro atoms. The Hall–Kier alpha value is -2.67. The van der Waals surface area contributed by atoms with E-state index < -0.39 is 12.2 Å². The Morgan fingerprint density at radius 3 is 2.48 bits per heavy atom. The van der Waals surface area contributed by atoms with Crippen LogP contribution in [0.15, 0.2) is 36.5 Å². The van der Waals surface area contributed by atoms with Crippen LogP contribution in [-0.4, -0.2) is 41.4 Å². The van der Waals surface area contributed by atoms with Crippen LogP contribution in [0.3, 0.4) is 0 Å². The maximum absolute atomic E-state index is 11.4. The van der Waals surface area contributed by atoms with Gasteiger partial charge in [-0.05, 0) is 62.4 Å². The van der Waals surface area contributed by atoms with Crippen molar-refractivity contribution in [3.8, 4) is 0 Å². The first-order valence-corrected chi connectivity index (χ1v) is 11.9. The van der Waals surface area contributed by atoms with Gasteiger partial charge in [0.15, 0.2) is 6.10 Å². The molecular weight excluding hydrogens is 416 g/mol. The highest BCUT2D eigenvalue weighted by Crippen LogP contribution is 2.48. The molecule has 0 bridgehead atoms. The number of hydrogen-bond acceptors (Lipinski definition) is 6. The van der Waals surface area contributed by atoms with Gasteiger partial charge in [0.05, 0.1) is 17.9 Å². The average molecular weight is 453 g/mol. The number of rotatable bonds is 5. The third kappa shape index (κ3) is 5.46. The summed E-state index contributed by atoms with van der Waals surface area (Å²) in [5.74, 6) is 1.93. The molecule has 2 aromatic rings. The van der Waals surface area contributed by atoms with Crippen LogP contribution in [0.4, 0.5) is 10.6 Å². The third-order valence-corrected chi connectivity index (χ3v) is 6.62. The maximum Gasteiger partial charge on any atom is 0.405 e. The van der Waals surface area contributed by atoms with E-state index in [9.17, 15) is 4.79 Å². The van der Waals surface area contributed by atoms with Crippen molar-refractivity contribution >= 4 is 11.9 Å². The summed E-state index contributed by atoms with van der Waals surface area (Å²) in [6, 6.07) is 10.5. The first kappa shape index (κ1) is 23.5. The molecule has 3 atom stereocenters. The Labute approximate surface area is 196 Å². The predicted molar refractivity (Wildman–Crippen MR) is 128 cm³/mol. The molecule has 7 heteroatoms. The summed E-state index contributed by atoms with van der Waals surface area (Å²) in [4.78, 5) is 23.3. The molecular formula is C26H36N4O3. The molecule has 3 heterocycles. The van der Waals surface area contributed by atoms with E-state index in [-0.39, 0.29) is 17.6 Å². The van der Waals surface area contributed by atoms with Crippen LogP contribution in [0.1, 0.15) is 82.4 Å². The molecule has 2 fully saturated rings. The molecule has 1 amide bonds. The summed E-state index contributed by atoms with van der Waals surface area (Å²) in [5.41, 5.74) is 8.15. The zero-order valence-electron chi connectivity index (χ0n) is 20.3. The van der Waals surface area contributed by atoms with Crippen molar-refractivity contribution in [2.75, 3.05) is 18.0 Å². The minimum absolute atomic E-state index is 0.212. The summed E-state index contributed by atoms with van der Waals surface area (Å²) >= 11 is 0. The summed E-state index contributed by atoms with van der Waals surface area (Å²) in [6.45, 7) is 12.0. The van der Waals surface area contributed by atoms with Gasteiger partial charge in [0, 0.05) is 36.3 Å². The fourth-order valence-electron chi connectivity index (χ4n) is 5.00. The minimum atomic E-state index is -0.777. The standard InChI is InChI=1S/C26H36N4O3/c1-16-14-30(15-17(2)32-16)23-8-6-7-21(29-23)20-11-19(12-20)18-9-10-28-22(13-18)24(26(3,4)5)33-25(27)31/h6-10,13,16-17,19-20,24H,11-12,14-15H2,1-5H3,(H2,27,31)/t16-,17+,19?,20?,24?. The largest absolute Gasteiger partial charge is 0.439 e. The highest BCUT2D eigenvalue weighted by molar-refractivity contribution is 5.65. The Bertz CT molecular complexity index is 973. The van der Waals surface area contributed by atoms with Crippen molar-refractivity contribution in [1.82, 2.24) is 9.97 Å². The van der Waals surface area contributed by atoms with Crippen molar-refractivity contribution in [2.24, 2.45) is 11.1 Å². The lowest BCUT2D eigenvalue weighted by atomic mass is 9.70. The van der Waals surface area contributed by atoms with Crippen LogP contribution < -0.4 is 10.6 Å². The van der Waals surface area contributed by atoms with Gasteiger partial charge in [-0.15, -0.1) is 0 Å². The number of nitrogens with two attached hydrogens (primary N) is 1. The first-order chi connectivity index (χ1) is 15.6. The number of carbonyl (C=O) groups excluding carboxylic acids is 1. The second kappa shape index (κ2) is 9.29. The van der Waals surface area contributed by atoms with E-state index in [4.69, 9.17) is 20.2 Å². The number of anilines is 1. The number of aromatic nitrogens is 2. The summed E-state index contributed by atoms with van der Waals surface area (Å²) in [7, 11) is 0. The Balaban J connectivity index is 1.45. The number of ether oxygens (including phenoxy) is 2. The van der Waals surface area contributed by atoms with Gasteiger partial charge in [-0.3, -0.25) is 4.98 Å². The van der Waals surface area contributed by atoms with Gasteiger partial charge in [-0.1, -0.05) is 26.8 Å². The summed E-state index contributed by atoms with van der Waals surface area (Å²) in [6.07, 6.45) is 3.07. The molecule has 2 N–H and O–H groups in total. The summed E-state index contributed by atoms with van der Waals surface area (Å²) in [5, 5.41) is 0. The molecule has 33 heavy (non-hydrogen) atoms. The normalized spacial score (nSPS) is 26.4. The summed E-state index contributed by atoms with van der Waals surface area (Å²) < 4.78 is 11.3. The van der Waals surface area contributed by atoms with Crippen molar-refractivity contribution < 1.29 is 14.3 Å². The number of carbonyl (C=O) groups is 1. The van der Waals surface area contributed by atoms with Crippen LogP contribution in [0.2, 0.25) is 0 Å². The van der Waals surface area contributed by atoms with Gasteiger partial charge in [0.2, 0.25) is 0 Å². The molecule has 7 nitrogen and oxygen atoms in total. The van der Waals surface area contributed by atoms with Crippen LogP contribution in [-0.2, 0) is 9.47 Å². The molecule has 2 aliphatic rings. The molecule has 1 aliphatic carbocycles. The van der Waals surface area contributed by atoms with Crippen LogP contribution in [0.5, 0.6) is 0 Å². The highest BCUT2D eigenvalue weighted by atomic mass is 16.6. The molecule has 1 aliphatic heterocycles. The smallest absolute Gasteiger partial charge is 0.405 e. The number of pyridine rings is 2. The van der Waals surface area contributed by atoms with Gasteiger partial charge < -0.3 is 20.1 Å². The zero-order chi connectivity index (χ0) is 23.8. The first-order valence-electron chi connectivity index (χ1n) is 11.9. The van der Waals surface area contributed by atoms with Crippen molar-refractivity contribution in [1.29, 1.82) is 0 Å². The zero-order valence-corrected chi connectivity index (χ0v) is 20.3. The van der Waals surface area contributed by atoms with E-state index in [2.05, 4.69) is 54.1 Å². The maximum atomic E-state index is 11.4. The van der Waals surface area contributed by atoms with E-state index in [1.807, 2.05) is 20.8 Å². The van der Waals surface area contributed by atoms with E-state index in [1.54, 1.807) is 6.20 Å². The van der Waals surface area contributed by atoms with Crippen molar-refractivity contribution in [3.05, 3.63) is 53.5 Å². The monoisotopic (exact) mass is 452 g/mol. The minimum Gasteiger partial charge on any atom is -0.439 e. The molecule has 178 valence electrons. The molecule has 4 rings (SSSR count).